The van der Waals surface area contributed by atoms with Crippen LogP contribution in [0.1, 0.15) is 5.56 Å². The Kier molecular flexibility index (Phi) is 3.17. The Bertz CT molecular complexity index is 354. The van der Waals surface area contributed by atoms with Crippen LogP contribution < -0.4 is 5.73 Å². The molecule has 0 fully saturated rings. The molecule has 3 nitrogen and oxygen atoms in total. The molecule has 5 heteroatoms. The highest BCUT2D eigenvalue weighted by Crippen LogP contribution is 2.31. The van der Waals surface area contributed by atoms with E-state index in [4.69, 9.17) is 22.7 Å². The van der Waals surface area contributed by atoms with Crippen molar-refractivity contribution in [1.82, 2.24) is 0 Å². The lowest BCUT2D eigenvalue weighted by atomic mass is 10.1. The predicted molar refractivity (Wildman–Crippen MR) is 56.4 cm³/mol. The van der Waals surface area contributed by atoms with Gasteiger partial charge in [0.1, 0.15) is 5.75 Å². The minimum absolute atomic E-state index is 0.00975. The second-order valence-electron chi connectivity index (χ2n) is 2.60. The molecule has 0 radical (unpaired) electrons. The van der Waals surface area contributed by atoms with Gasteiger partial charge in [-0.05, 0) is 28.1 Å². The second-order valence-corrected chi connectivity index (χ2v) is 3.89. The molecule has 1 aromatic rings. The van der Waals surface area contributed by atoms with E-state index in [-0.39, 0.29) is 18.0 Å². The number of phenols is 1. The Hall–Kier alpha value is -0.740. The summed E-state index contributed by atoms with van der Waals surface area (Å²) in [6.45, 7) is 0. The minimum Gasteiger partial charge on any atom is -0.506 e. The Morgan fingerprint density at radius 2 is 2.23 bits per heavy atom. The number of aromatic hydroxyl groups is 1. The Morgan fingerprint density at radius 1 is 1.62 bits per heavy atom. The van der Waals surface area contributed by atoms with Crippen LogP contribution in [0.15, 0.2) is 16.6 Å². The Morgan fingerprint density at radius 3 is 2.77 bits per heavy atom. The van der Waals surface area contributed by atoms with E-state index in [0.717, 1.165) is 0 Å². The number of nitrogens with two attached hydrogens (primary N) is 1. The van der Waals surface area contributed by atoms with Crippen LogP contribution >= 0.6 is 27.5 Å². The quantitative estimate of drug-likeness (QED) is 0.566. The molecule has 70 valence electrons. The summed E-state index contributed by atoms with van der Waals surface area (Å²) in [4.78, 5) is 0. The number of rotatable bonds is 2. The normalized spacial score (nSPS) is 10.0. The van der Waals surface area contributed by atoms with Gasteiger partial charge < -0.3 is 10.8 Å². The van der Waals surface area contributed by atoms with Crippen LogP contribution in [-0.4, -0.2) is 10.9 Å². The molecular formula is C8H8BrClN2O. The van der Waals surface area contributed by atoms with Crippen LogP contribution in [0.25, 0.3) is 0 Å². The molecule has 0 atom stereocenters. The molecule has 13 heavy (non-hydrogen) atoms. The average Bonchev–Trinajstić information content (AvgIpc) is 1.98. The molecule has 0 heterocycles. The van der Waals surface area contributed by atoms with Crippen LogP contribution in [0.5, 0.6) is 5.75 Å². The molecule has 0 saturated heterocycles. The smallest absolute Gasteiger partial charge is 0.133 e. The van der Waals surface area contributed by atoms with E-state index in [1.54, 1.807) is 12.1 Å². The number of phenolic OH excluding ortho intramolecular Hbond substituents is 1. The van der Waals surface area contributed by atoms with Crippen LogP contribution in [-0.2, 0) is 6.42 Å². The van der Waals surface area contributed by atoms with E-state index >= 15 is 0 Å². The van der Waals surface area contributed by atoms with Gasteiger partial charge in [-0.1, -0.05) is 11.6 Å². The zero-order valence-corrected chi connectivity index (χ0v) is 8.98. The van der Waals surface area contributed by atoms with Crippen molar-refractivity contribution < 1.29 is 5.11 Å². The lowest BCUT2D eigenvalue weighted by Gasteiger charge is -2.05. The molecule has 0 bridgehead atoms. The molecular weight excluding hydrogens is 255 g/mol. The van der Waals surface area contributed by atoms with Crippen molar-refractivity contribution in [2.75, 3.05) is 0 Å². The van der Waals surface area contributed by atoms with Gasteiger partial charge in [0.15, 0.2) is 0 Å². The highest BCUT2D eigenvalue weighted by Gasteiger charge is 2.07. The SMILES string of the molecule is N=C(N)Cc1cc(Cl)cc(Br)c1O. The first-order valence-electron chi connectivity index (χ1n) is 3.50. The summed E-state index contributed by atoms with van der Waals surface area (Å²) in [7, 11) is 0. The summed E-state index contributed by atoms with van der Waals surface area (Å²) in [5, 5.41) is 17.1. The second kappa shape index (κ2) is 3.98. The van der Waals surface area contributed by atoms with E-state index in [1.165, 1.54) is 0 Å². The Labute approximate surface area is 89.2 Å². The number of hydrogen-bond donors (Lipinski definition) is 3. The summed E-state index contributed by atoms with van der Waals surface area (Å²) in [5.41, 5.74) is 5.76. The van der Waals surface area contributed by atoms with E-state index in [9.17, 15) is 5.11 Å². The van der Waals surface area contributed by atoms with Gasteiger partial charge in [-0.3, -0.25) is 5.41 Å². The van der Waals surface area contributed by atoms with Crippen molar-refractivity contribution in [1.29, 1.82) is 5.41 Å². The van der Waals surface area contributed by atoms with E-state index in [0.29, 0.717) is 15.1 Å². The summed E-state index contributed by atoms with van der Waals surface area (Å²) < 4.78 is 0.510. The van der Waals surface area contributed by atoms with Crippen molar-refractivity contribution in [3.63, 3.8) is 0 Å². The van der Waals surface area contributed by atoms with Crippen LogP contribution in [0, 0.1) is 5.41 Å². The lowest BCUT2D eigenvalue weighted by Crippen LogP contribution is -2.12. The summed E-state index contributed by atoms with van der Waals surface area (Å²) in [6, 6.07) is 3.17. The van der Waals surface area contributed by atoms with Gasteiger partial charge in [-0.15, -0.1) is 0 Å². The molecule has 4 N–H and O–H groups in total. The van der Waals surface area contributed by atoms with Crippen LogP contribution in [0.2, 0.25) is 5.02 Å². The summed E-state index contributed by atoms with van der Waals surface area (Å²) in [5.74, 6) is 0.0732. The predicted octanol–water partition coefficient (Wildman–Crippen LogP) is 2.29. The average molecular weight is 264 g/mol. The van der Waals surface area contributed by atoms with Gasteiger partial charge in [0.25, 0.3) is 0 Å². The molecule has 0 aliphatic carbocycles. The van der Waals surface area contributed by atoms with Crippen LogP contribution in [0.3, 0.4) is 0 Å². The molecule has 0 aromatic heterocycles. The molecule has 0 unspecified atom stereocenters. The maximum absolute atomic E-state index is 9.51. The van der Waals surface area contributed by atoms with E-state index in [2.05, 4.69) is 15.9 Å². The number of hydrogen-bond acceptors (Lipinski definition) is 2. The van der Waals surface area contributed by atoms with Crippen molar-refractivity contribution in [3.05, 3.63) is 27.2 Å². The van der Waals surface area contributed by atoms with Crippen molar-refractivity contribution in [2.45, 2.75) is 6.42 Å². The summed E-state index contributed by atoms with van der Waals surface area (Å²) in [6.07, 6.45) is 0.199. The fourth-order valence-corrected chi connectivity index (χ4v) is 1.83. The number of benzene rings is 1. The van der Waals surface area contributed by atoms with Gasteiger partial charge in [0.2, 0.25) is 0 Å². The fourth-order valence-electron chi connectivity index (χ4n) is 0.959. The van der Waals surface area contributed by atoms with Crippen molar-refractivity contribution in [2.24, 2.45) is 5.73 Å². The lowest BCUT2D eigenvalue weighted by molar-refractivity contribution is 0.466. The van der Waals surface area contributed by atoms with Gasteiger partial charge >= 0.3 is 0 Å². The first-order chi connectivity index (χ1) is 6.00. The van der Waals surface area contributed by atoms with Gasteiger partial charge in [0, 0.05) is 17.0 Å². The van der Waals surface area contributed by atoms with Crippen molar-refractivity contribution in [3.8, 4) is 5.75 Å². The van der Waals surface area contributed by atoms with E-state index in [1.807, 2.05) is 0 Å². The molecule has 0 aliphatic heterocycles. The molecule has 0 saturated carbocycles. The van der Waals surface area contributed by atoms with Gasteiger partial charge in [-0.25, -0.2) is 0 Å². The standard InChI is InChI=1S/C8H8BrClN2O/c9-6-3-5(10)1-4(8(6)13)2-7(11)12/h1,3,13H,2H2,(H3,11,12). The molecule has 0 aliphatic rings. The van der Waals surface area contributed by atoms with Gasteiger partial charge in [0.05, 0.1) is 10.3 Å². The highest BCUT2D eigenvalue weighted by molar-refractivity contribution is 9.10. The third-order valence-corrected chi connectivity index (χ3v) is 2.31. The first kappa shape index (κ1) is 10.3. The zero-order chi connectivity index (χ0) is 10.0. The molecule has 0 amide bonds. The van der Waals surface area contributed by atoms with Crippen molar-refractivity contribution >= 4 is 33.4 Å². The first-order valence-corrected chi connectivity index (χ1v) is 4.67. The number of amidine groups is 1. The van der Waals surface area contributed by atoms with E-state index < -0.39 is 0 Å². The maximum atomic E-state index is 9.51. The fraction of sp³-hybridized carbons (Fsp3) is 0.125. The van der Waals surface area contributed by atoms with Crippen LogP contribution in [0.4, 0.5) is 0 Å². The number of halogens is 2. The van der Waals surface area contributed by atoms with Gasteiger partial charge in [-0.2, -0.15) is 0 Å². The zero-order valence-electron chi connectivity index (χ0n) is 6.64. The highest BCUT2D eigenvalue weighted by atomic mass is 79.9. The molecule has 1 aromatic carbocycles. The topological polar surface area (TPSA) is 70.1 Å². The molecule has 1 rings (SSSR count). The third-order valence-electron chi connectivity index (χ3n) is 1.49. The Balaban J connectivity index is 3.12. The molecule has 0 spiro atoms. The maximum Gasteiger partial charge on any atom is 0.133 e. The summed E-state index contributed by atoms with van der Waals surface area (Å²) >= 11 is 8.89. The number of nitrogens with one attached hydrogen (secondary N) is 1. The minimum atomic E-state index is -0.00975. The monoisotopic (exact) mass is 262 g/mol. The largest absolute Gasteiger partial charge is 0.506 e. The third kappa shape index (κ3) is 2.60.